The van der Waals surface area contributed by atoms with Crippen LogP contribution in [0.3, 0.4) is 0 Å². The summed E-state index contributed by atoms with van der Waals surface area (Å²) in [5.74, 6) is 3.03. The van der Waals surface area contributed by atoms with Crippen LogP contribution in [0, 0.1) is 0 Å². The first-order valence-corrected chi connectivity index (χ1v) is 10.7. The highest BCUT2D eigenvalue weighted by atomic mass is 16.5. The number of ether oxygens (including phenoxy) is 3. The average molecular weight is 438 g/mol. The molecule has 6 rings (SSSR count). The van der Waals surface area contributed by atoms with Gasteiger partial charge in [-0.25, -0.2) is 4.68 Å². The third kappa shape index (κ3) is 3.12. The average Bonchev–Trinajstić information content (AvgIpc) is 3.35. The lowest BCUT2D eigenvalue weighted by atomic mass is 9.84. The lowest BCUT2D eigenvalue weighted by molar-refractivity contribution is 0.222. The van der Waals surface area contributed by atoms with Gasteiger partial charge in [0.2, 0.25) is 5.95 Å². The van der Waals surface area contributed by atoms with E-state index in [1.165, 1.54) is 0 Å². The second kappa shape index (κ2) is 7.70. The molecule has 2 aliphatic rings. The van der Waals surface area contributed by atoms with Gasteiger partial charge in [-0.3, -0.25) is 0 Å². The fourth-order valence-corrected chi connectivity index (χ4v) is 4.59. The largest absolute Gasteiger partial charge is 0.497 e. The summed E-state index contributed by atoms with van der Waals surface area (Å²) in [5, 5.41) is 8.08. The third-order valence-corrected chi connectivity index (χ3v) is 6.15. The van der Waals surface area contributed by atoms with Crippen molar-refractivity contribution >= 4 is 11.6 Å². The highest BCUT2D eigenvalue weighted by molar-refractivity contribution is 5.85. The summed E-state index contributed by atoms with van der Waals surface area (Å²) in [7, 11) is 3.33. The van der Waals surface area contributed by atoms with E-state index in [2.05, 4.69) is 39.7 Å². The van der Waals surface area contributed by atoms with E-state index < -0.39 is 0 Å². The van der Waals surface area contributed by atoms with Crippen molar-refractivity contribution in [3.63, 3.8) is 0 Å². The Hall–Kier alpha value is -4.26. The van der Waals surface area contributed by atoms with Crippen molar-refractivity contribution in [3.05, 3.63) is 101 Å². The van der Waals surface area contributed by atoms with Crippen LogP contribution in [0.1, 0.15) is 28.8 Å². The number of hydrogen-bond acceptors (Lipinski definition) is 6. The highest BCUT2D eigenvalue weighted by Crippen LogP contribution is 2.51. The topological polar surface area (TPSA) is 70.4 Å². The smallest absolute Gasteiger partial charge is 0.226 e. The van der Waals surface area contributed by atoms with E-state index in [4.69, 9.17) is 14.2 Å². The van der Waals surface area contributed by atoms with E-state index >= 15 is 0 Å². The molecule has 33 heavy (non-hydrogen) atoms. The maximum Gasteiger partial charge on any atom is 0.226 e. The molecule has 164 valence electrons. The van der Waals surface area contributed by atoms with E-state index in [9.17, 15) is 0 Å². The van der Waals surface area contributed by atoms with Crippen LogP contribution >= 0.6 is 0 Å². The fourth-order valence-electron chi connectivity index (χ4n) is 4.59. The molecule has 0 amide bonds. The highest BCUT2D eigenvalue weighted by Gasteiger charge is 2.41. The molecule has 2 atom stereocenters. The first-order valence-electron chi connectivity index (χ1n) is 10.7. The molecule has 0 radical (unpaired) electrons. The lowest BCUT2D eigenvalue weighted by Crippen LogP contribution is -2.32. The van der Waals surface area contributed by atoms with Crippen LogP contribution in [-0.4, -0.2) is 29.0 Å². The fraction of sp³-hybridized carbons (Fsp3) is 0.154. The van der Waals surface area contributed by atoms with Crippen LogP contribution in [0.5, 0.6) is 17.2 Å². The second-order valence-corrected chi connectivity index (χ2v) is 7.93. The first-order chi connectivity index (χ1) is 16.3. The SMILES string of the molecule is COc1ccc([C@H]2C3=C(Nc4ncnn42)c2cc(OC)ccc2O[C@H]3c2ccccc2)cc1. The molecule has 0 spiro atoms. The van der Waals surface area contributed by atoms with Gasteiger partial charge in [0, 0.05) is 11.1 Å². The molecular weight excluding hydrogens is 416 g/mol. The number of methoxy groups -OCH3 is 2. The van der Waals surface area contributed by atoms with Crippen LogP contribution in [-0.2, 0) is 0 Å². The monoisotopic (exact) mass is 438 g/mol. The van der Waals surface area contributed by atoms with Crippen molar-refractivity contribution < 1.29 is 14.2 Å². The van der Waals surface area contributed by atoms with Crippen LogP contribution < -0.4 is 19.5 Å². The Morgan fingerprint density at radius 1 is 0.879 bits per heavy atom. The molecule has 1 N–H and O–H groups in total. The van der Waals surface area contributed by atoms with E-state index in [0.29, 0.717) is 5.95 Å². The number of anilines is 1. The summed E-state index contributed by atoms with van der Waals surface area (Å²) in [4.78, 5) is 4.48. The Kier molecular flexibility index (Phi) is 4.54. The van der Waals surface area contributed by atoms with Gasteiger partial charge in [-0.1, -0.05) is 42.5 Å². The van der Waals surface area contributed by atoms with Crippen molar-refractivity contribution in [3.8, 4) is 17.2 Å². The summed E-state index contributed by atoms with van der Waals surface area (Å²) in [6, 6.07) is 24.0. The molecule has 3 aromatic carbocycles. The standard InChI is InChI=1S/C26H22N4O3/c1-31-18-10-8-16(9-11-18)24-22-23(29-26-27-15-28-30(24)26)20-14-19(32-2)12-13-21(20)33-25(22)17-6-4-3-5-7-17/h3-15,24-25H,1-2H3,(H,27,28,29)/t24-,25-/m0/s1. The molecular formula is C26H22N4O3. The molecule has 2 aliphatic heterocycles. The maximum absolute atomic E-state index is 6.64. The van der Waals surface area contributed by atoms with Gasteiger partial charge < -0.3 is 19.5 Å². The molecule has 1 aromatic heterocycles. The van der Waals surface area contributed by atoms with Crippen molar-refractivity contribution in [2.24, 2.45) is 0 Å². The Bertz CT molecular complexity index is 1350. The lowest BCUT2D eigenvalue weighted by Gasteiger charge is -2.39. The Morgan fingerprint density at radius 3 is 2.39 bits per heavy atom. The zero-order valence-electron chi connectivity index (χ0n) is 18.2. The van der Waals surface area contributed by atoms with Gasteiger partial charge in [0.1, 0.15) is 35.7 Å². The van der Waals surface area contributed by atoms with Crippen LogP contribution in [0.25, 0.3) is 5.70 Å². The number of aromatic nitrogens is 3. The minimum atomic E-state index is -0.306. The van der Waals surface area contributed by atoms with Gasteiger partial charge in [-0.2, -0.15) is 10.1 Å². The quantitative estimate of drug-likeness (QED) is 0.491. The molecule has 0 bridgehead atoms. The number of benzene rings is 3. The van der Waals surface area contributed by atoms with Gasteiger partial charge >= 0.3 is 0 Å². The Labute approximate surface area is 191 Å². The van der Waals surface area contributed by atoms with Gasteiger partial charge in [0.05, 0.1) is 19.9 Å². The molecule has 0 saturated carbocycles. The van der Waals surface area contributed by atoms with Crippen molar-refractivity contribution in [1.82, 2.24) is 14.8 Å². The van der Waals surface area contributed by atoms with E-state index in [1.807, 2.05) is 53.2 Å². The van der Waals surface area contributed by atoms with E-state index in [0.717, 1.165) is 45.2 Å². The summed E-state index contributed by atoms with van der Waals surface area (Å²) in [5.41, 5.74) is 5.09. The number of nitrogens with zero attached hydrogens (tertiary/aromatic N) is 3. The molecule has 7 heteroatoms. The maximum atomic E-state index is 6.64. The zero-order valence-corrected chi connectivity index (χ0v) is 18.2. The normalized spacial score (nSPS) is 18.4. The predicted molar refractivity (Wildman–Crippen MR) is 125 cm³/mol. The number of hydrogen-bond donors (Lipinski definition) is 1. The number of nitrogens with one attached hydrogen (secondary N) is 1. The van der Waals surface area contributed by atoms with E-state index in [1.54, 1.807) is 20.5 Å². The second-order valence-electron chi connectivity index (χ2n) is 7.93. The molecule has 3 heterocycles. The predicted octanol–water partition coefficient (Wildman–Crippen LogP) is 4.86. The number of rotatable bonds is 4. The molecule has 7 nitrogen and oxygen atoms in total. The van der Waals surface area contributed by atoms with Crippen LogP contribution in [0.2, 0.25) is 0 Å². The molecule has 4 aromatic rings. The molecule has 0 fully saturated rings. The van der Waals surface area contributed by atoms with Crippen LogP contribution in [0.15, 0.2) is 84.7 Å². The molecule has 0 saturated heterocycles. The molecule has 0 aliphatic carbocycles. The Morgan fingerprint density at radius 2 is 1.64 bits per heavy atom. The van der Waals surface area contributed by atoms with Gasteiger partial charge in [-0.05, 0) is 41.5 Å². The van der Waals surface area contributed by atoms with Crippen molar-refractivity contribution in [1.29, 1.82) is 0 Å². The Balaban J connectivity index is 1.61. The molecule has 0 unspecified atom stereocenters. The van der Waals surface area contributed by atoms with Gasteiger partial charge in [0.15, 0.2) is 0 Å². The first kappa shape index (κ1) is 19.4. The van der Waals surface area contributed by atoms with Gasteiger partial charge in [-0.15, -0.1) is 0 Å². The van der Waals surface area contributed by atoms with Crippen molar-refractivity contribution in [2.45, 2.75) is 12.1 Å². The minimum absolute atomic E-state index is 0.214. The van der Waals surface area contributed by atoms with Gasteiger partial charge in [0.25, 0.3) is 0 Å². The zero-order chi connectivity index (χ0) is 22.4. The number of fused-ring (bicyclic) bond motifs is 3. The summed E-state index contributed by atoms with van der Waals surface area (Å²) in [6.45, 7) is 0. The minimum Gasteiger partial charge on any atom is -0.497 e. The third-order valence-electron chi connectivity index (χ3n) is 6.15. The van der Waals surface area contributed by atoms with Crippen molar-refractivity contribution in [2.75, 3.05) is 19.5 Å². The summed E-state index contributed by atoms with van der Waals surface area (Å²) in [6.07, 6.45) is 1.27. The van der Waals surface area contributed by atoms with E-state index in [-0.39, 0.29) is 12.1 Å². The summed E-state index contributed by atoms with van der Waals surface area (Å²) >= 11 is 0. The van der Waals surface area contributed by atoms with Crippen LogP contribution in [0.4, 0.5) is 5.95 Å². The summed E-state index contributed by atoms with van der Waals surface area (Å²) < 4.78 is 19.4.